The number of halogens is 1. The van der Waals surface area contributed by atoms with E-state index in [0.717, 1.165) is 16.8 Å². The molecule has 3 aromatic rings. The van der Waals surface area contributed by atoms with Crippen molar-refractivity contribution in [2.24, 2.45) is 0 Å². The first-order valence-electron chi connectivity index (χ1n) is 9.10. The van der Waals surface area contributed by atoms with Crippen LogP contribution in [0.2, 0.25) is 0 Å². The standard InChI is InChI=1S/C21H19FN4O2/c1-2-16-19(13-7-4-3-5-8-13)20-24-21(28)17(26(20)25-16)12-18(27)23-15-10-6-9-14(22)11-15/h3-11,17H,2,12H2,1H3,(H,23,27)(H,24,28). The van der Waals surface area contributed by atoms with E-state index in [1.54, 1.807) is 10.7 Å². The third-order valence-corrected chi connectivity index (χ3v) is 4.71. The van der Waals surface area contributed by atoms with Crippen LogP contribution in [0, 0.1) is 5.82 Å². The molecule has 1 unspecified atom stereocenters. The van der Waals surface area contributed by atoms with Crippen molar-refractivity contribution < 1.29 is 14.0 Å². The third-order valence-electron chi connectivity index (χ3n) is 4.71. The van der Waals surface area contributed by atoms with Gasteiger partial charge < -0.3 is 10.6 Å². The van der Waals surface area contributed by atoms with Crippen molar-refractivity contribution in [3.05, 3.63) is 66.1 Å². The van der Waals surface area contributed by atoms with E-state index in [4.69, 9.17) is 0 Å². The van der Waals surface area contributed by atoms with E-state index in [0.29, 0.717) is 17.9 Å². The zero-order valence-electron chi connectivity index (χ0n) is 15.3. The number of anilines is 2. The Morgan fingerprint density at radius 2 is 2.00 bits per heavy atom. The average Bonchev–Trinajstić information content (AvgIpc) is 3.18. The number of carbonyl (C=O) groups excluding carboxylic acids is 2. The van der Waals surface area contributed by atoms with E-state index in [1.165, 1.54) is 18.2 Å². The van der Waals surface area contributed by atoms with Crippen molar-refractivity contribution in [3.8, 4) is 11.1 Å². The Labute approximate surface area is 161 Å². The molecule has 0 aliphatic carbocycles. The molecule has 142 valence electrons. The zero-order chi connectivity index (χ0) is 19.7. The Morgan fingerprint density at radius 1 is 1.21 bits per heavy atom. The number of amides is 2. The molecular weight excluding hydrogens is 359 g/mol. The number of hydrogen-bond acceptors (Lipinski definition) is 3. The summed E-state index contributed by atoms with van der Waals surface area (Å²) in [4.78, 5) is 24.9. The van der Waals surface area contributed by atoms with Gasteiger partial charge in [0, 0.05) is 11.3 Å². The molecule has 0 saturated carbocycles. The number of aryl methyl sites for hydroxylation is 1. The molecule has 1 aromatic heterocycles. The Balaban J connectivity index is 1.61. The highest BCUT2D eigenvalue weighted by molar-refractivity contribution is 6.04. The van der Waals surface area contributed by atoms with E-state index in [2.05, 4.69) is 15.7 Å². The van der Waals surface area contributed by atoms with Crippen molar-refractivity contribution in [2.45, 2.75) is 25.8 Å². The van der Waals surface area contributed by atoms with Crippen LogP contribution in [-0.2, 0) is 16.0 Å². The summed E-state index contributed by atoms with van der Waals surface area (Å²) in [5, 5.41) is 10.1. The van der Waals surface area contributed by atoms with E-state index in [-0.39, 0.29) is 18.2 Å². The van der Waals surface area contributed by atoms with Crippen LogP contribution in [0.1, 0.15) is 25.1 Å². The van der Waals surface area contributed by atoms with E-state index in [9.17, 15) is 14.0 Å². The Hall–Kier alpha value is -3.48. The molecule has 2 N–H and O–H groups in total. The quantitative estimate of drug-likeness (QED) is 0.710. The number of nitrogens with one attached hydrogen (secondary N) is 2. The van der Waals surface area contributed by atoms with Gasteiger partial charge in [0.1, 0.15) is 17.7 Å². The minimum atomic E-state index is -0.744. The summed E-state index contributed by atoms with van der Waals surface area (Å²) in [6.45, 7) is 2.00. The molecule has 7 heteroatoms. The second-order valence-electron chi connectivity index (χ2n) is 6.60. The molecular formula is C21H19FN4O2. The number of nitrogens with zero attached hydrogens (tertiary/aromatic N) is 2. The highest BCUT2D eigenvalue weighted by atomic mass is 19.1. The summed E-state index contributed by atoms with van der Waals surface area (Å²) in [6.07, 6.45) is 0.608. The topological polar surface area (TPSA) is 76.0 Å². The summed E-state index contributed by atoms with van der Waals surface area (Å²) < 4.78 is 14.9. The largest absolute Gasteiger partial charge is 0.326 e. The van der Waals surface area contributed by atoms with Crippen LogP contribution >= 0.6 is 0 Å². The fourth-order valence-electron chi connectivity index (χ4n) is 3.43. The molecule has 0 saturated heterocycles. The third kappa shape index (κ3) is 3.26. The van der Waals surface area contributed by atoms with Gasteiger partial charge in [0.15, 0.2) is 0 Å². The smallest absolute Gasteiger partial charge is 0.251 e. The van der Waals surface area contributed by atoms with Crippen LogP contribution in [-0.4, -0.2) is 21.6 Å². The summed E-state index contributed by atoms with van der Waals surface area (Å²) >= 11 is 0. The van der Waals surface area contributed by atoms with Gasteiger partial charge >= 0.3 is 0 Å². The molecule has 1 atom stereocenters. The maximum Gasteiger partial charge on any atom is 0.251 e. The predicted molar refractivity (Wildman–Crippen MR) is 104 cm³/mol. The van der Waals surface area contributed by atoms with Gasteiger partial charge in [0.2, 0.25) is 5.91 Å². The van der Waals surface area contributed by atoms with Gasteiger partial charge in [-0.05, 0) is 30.2 Å². The van der Waals surface area contributed by atoms with Crippen LogP contribution in [0.25, 0.3) is 11.1 Å². The maximum atomic E-state index is 13.3. The molecule has 0 radical (unpaired) electrons. The molecule has 1 aliphatic rings. The second-order valence-corrected chi connectivity index (χ2v) is 6.60. The number of fused-ring (bicyclic) bond motifs is 1. The van der Waals surface area contributed by atoms with Gasteiger partial charge in [-0.3, -0.25) is 9.59 Å². The van der Waals surface area contributed by atoms with Gasteiger partial charge in [-0.25, -0.2) is 9.07 Å². The Morgan fingerprint density at radius 3 is 2.71 bits per heavy atom. The summed E-state index contributed by atoms with van der Waals surface area (Å²) in [5.41, 5.74) is 3.05. The predicted octanol–water partition coefficient (Wildman–Crippen LogP) is 3.77. The lowest BCUT2D eigenvalue weighted by atomic mass is 10.0. The van der Waals surface area contributed by atoms with E-state index >= 15 is 0 Å². The lowest BCUT2D eigenvalue weighted by molar-refractivity contribution is -0.123. The van der Waals surface area contributed by atoms with Crippen molar-refractivity contribution in [1.82, 2.24) is 9.78 Å². The summed E-state index contributed by atoms with van der Waals surface area (Å²) in [7, 11) is 0. The summed E-state index contributed by atoms with van der Waals surface area (Å²) in [6, 6.07) is 14.6. The van der Waals surface area contributed by atoms with Crippen LogP contribution in [0.3, 0.4) is 0 Å². The molecule has 4 rings (SSSR count). The number of aromatic nitrogens is 2. The Bertz CT molecular complexity index is 1050. The molecule has 2 amide bonds. The summed E-state index contributed by atoms with van der Waals surface area (Å²) in [5.74, 6) is -0.493. The van der Waals surface area contributed by atoms with Crippen molar-refractivity contribution in [3.63, 3.8) is 0 Å². The highest BCUT2D eigenvalue weighted by Crippen LogP contribution is 2.38. The van der Waals surface area contributed by atoms with Crippen molar-refractivity contribution in [2.75, 3.05) is 10.6 Å². The minimum Gasteiger partial charge on any atom is -0.326 e. The monoisotopic (exact) mass is 378 g/mol. The fraction of sp³-hybridized carbons (Fsp3) is 0.190. The first-order chi connectivity index (χ1) is 13.6. The molecule has 2 aromatic carbocycles. The first-order valence-corrected chi connectivity index (χ1v) is 9.10. The molecule has 0 fully saturated rings. The Kier molecular flexibility index (Phi) is 4.65. The van der Waals surface area contributed by atoms with E-state index in [1.807, 2.05) is 37.3 Å². The molecule has 1 aliphatic heterocycles. The van der Waals surface area contributed by atoms with Crippen molar-refractivity contribution in [1.29, 1.82) is 0 Å². The lowest BCUT2D eigenvalue weighted by Gasteiger charge is -2.10. The number of rotatable bonds is 5. The molecule has 0 bridgehead atoms. The minimum absolute atomic E-state index is 0.0889. The normalized spacial score (nSPS) is 15.2. The van der Waals surface area contributed by atoms with Crippen LogP contribution in [0.5, 0.6) is 0 Å². The van der Waals surface area contributed by atoms with Crippen LogP contribution in [0.4, 0.5) is 15.9 Å². The van der Waals surface area contributed by atoms with Crippen LogP contribution < -0.4 is 10.6 Å². The lowest BCUT2D eigenvalue weighted by Crippen LogP contribution is -2.24. The highest BCUT2D eigenvalue weighted by Gasteiger charge is 2.36. The second kappa shape index (κ2) is 7.26. The molecule has 2 heterocycles. The van der Waals surface area contributed by atoms with Crippen molar-refractivity contribution >= 4 is 23.3 Å². The maximum absolute atomic E-state index is 13.3. The van der Waals surface area contributed by atoms with Gasteiger partial charge in [-0.15, -0.1) is 0 Å². The number of carbonyl (C=O) groups is 2. The average molecular weight is 378 g/mol. The SMILES string of the molecule is CCc1nn2c(c1-c1ccccc1)NC(=O)C2CC(=O)Nc1cccc(F)c1. The molecule has 6 nitrogen and oxygen atoms in total. The van der Waals surface area contributed by atoms with E-state index < -0.39 is 11.9 Å². The zero-order valence-corrected chi connectivity index (χ0v) is 15.3. The molecule has 28 heavy (non-hydrogen) atoms. The fourth-order valence-corrected chi connectivity index (χ4v) is 3.43. The first kappa shape index (κ1) is 17.9. The number of benzene rings is 2. The molecule has 0 spiro atoms. The van der Waals surface area contributed by atoms with Gasteiger partial charge in [-0.1, -0.05) is 43.3 Å². The van der Waals surface area contributed by atoms with Crippen LogP contribution in [0.15, 0.2) is 54.6 Å². The van der Waals surface area contributed by atoms with Gasteiger partial charge in [-0.2, -0.15) is 5.10 Å². The van der Waals surface area contributed by atoms with Gasteiger partial charge in [0.05, 0.1) is 12.1 Å². The van der Waals surface area contributed by atoms with Gasteiger partial charge in [0.25, 0.3) is 5.91 Å². The number of hydrogen-bond donors (Lipinski definition) is 2.